The Morgan fingerprint density at radius 1 is 1.29 bits per heavy atom. The van der Waals surface area contributed by atoms with E-state index < -0.39 is 12.6 Å². The van der Waals surface area contributed by atoms with Crippen LogP contribution >= 0.6 is 22.6 Å². The monoisotopic (exact) mass is 440 g/mol. The number of aliphatic carboxylic acids is 1. The molecule has 0 saturated carbocycles. The summed E-state index contributed by atoms with van der Waals surface area (Å²) in [5.41, 5.74) is 4.63. The lowest BCUT2D eigenvalue weighted by Crippen LogP contribution is -2.11. The second-order valence-corrected chi connectivity index (χ2v) is 5.84. The number of anilines is 1. The summed E-state index contributed by atoms with van der Waals surface area (Å²) in [5.74, 6) is -0.120. The number of hydrogen-bond donors (Lipinski definition) is 2. The molecule has 0 bridgehead atoms. The van der Waals surface area contributed by atoms with Gasteiger partial charge < -0.3 is 14.6 Å². The Morgan fingerprint density at radius 2 is 2.04 bits per heavy atom. The van der Waals surface area contributed by atoms with Crippen LogP contribution in [0.15, 0.2) is 47.6 Å². The zero-order valence-corrected chi connectivity index (χ0v) is 15.2. The Labute approximate surface area is 153 Å². The fourth-order valence-electron chi connectivity index (χ4n) is 1.89. The summed E-state index contributed by atoms with van der Waals surface area (Å²) in [6.07, 6.45) is 1.67. The summed E-state index contributed by atoms with van der Waals surface area (Å²) in [4.78, 5) is 10.7. The topological polar surface area (TPSA) is 80.1 Å². The summed E-state index contributed by atoms with van der Waals surface area (Å²) < 4.78 is 11.6. The van der Waals surface area contributed by atoms with Gasteiger partial charge in [0.1, 0.15) is 0 Å². The fraction of sp³-hybridized carbons (Fsp3) is 0.176. The molecule has 7 heteroatoms. The van der Waals surface area contributed by atoms with Crippen molar-refractivity contribution in [3.63, 3.8) is 0 Å². The minimum atomic E-state index is -1.04. The first-order valence-corrected chi connectivity index (χ1v) is 8.33. The van der Waals surface area contributed by atoms with Crippen LogP contribution in [0.1, 0.15) is 12.5 Å². The summed E-state index contributed by atoms with van der Waals surface area (Å²) in [6, 6.07) is 13.2. The predicted molar refractivity (Wildman–Crippen MR) is 101 cm³/mol. The van der Waals surface area contributed by atoms with Crippen molar-refractivity contribution in [2.24, 2.45) is 5.10 Å². The molecule has 126 valence electrons. The van der Waals surface area contributed by atoms with Crippen LogP contribution in [-0.4, -0.2) is 30.5 Å². The van der Waals surface area contributed by atoms with E-state index in [9.17, 15) is 4.79 Å². The Kier molecular flexibility index (Phi) is 6.86. The molecule has 6 nitrogen and oxygen atoms in total. The number of carboxylic acids is 1. The minimum Gasteiger partial charge on any atom is -0.490 e. The molecular weight excluding hydrogens is 423 g/mol. The molecule has 0 radical (unpaired) electrons. The number of benzene rings is 2. The standard InChI is InChI=1S/C17H17IN2O4/c1-2-23-15-9-12(8-14(18)17(15)24-11-16(21)22)10-19-20-13-6-4-3-5-7-13/h3-10,20H,2,11H2,1H3,(H,21,22). The van der Waals surface area contributed by atoms with Crippen LogP contribution in [0.4, 0.5) is 5.69 Å². The SMILES string of the molecule is CCOc1cc(C=NNc2ccccc2)cc(I)c1OCC(=O)O. The molecule has 0 aromatic heterocycles. The largest absolute Gasteiger partial charge is 0.490 e. The molecule has 0 heterocycles. The normalized spacial score (nSPS) is 10.6. The van der Waals surface area contributed by atoms with Gasteiger partial charge in [0.05, 0.1) is 22.1 Å². The maximum absolute atomic E-state index is 10.7. The molecular formula is C17H17IN2O4. The molecule has 0 atom stereocenters. The number of para-hydroxylation sites is 1. The van der Waals surface area contributed by atoms with Crippen LogP contribution in [0, 0.1) is 3.57 Å². The van der Waals surface area contributed by atoms with Crippen molar-refractivity contribution in [2.75, 3.05) is 18.6 Å². The maximum atomic E-state index is 10.7. The first-order valence-electron chi connectivity index (χ1n) is 7.25. The van der Waals surface area contributed by atoms with E-state index in [4.69, 9.17) is 14.6 Å². The number of halogens is 1. The van der Waals surface area contributed by atoms with Crippen molar-refractivity contribution < 1.29 is 19.4 Å². The van der Waals surface area contributed by atoms with Gasteiger partial charge in [0, 0.05) is 0 Å². The quantitative estimate of drug-likeness (QED) is 0.373. The van der Waals surface area contributed by atoms with Crippen LogP contribution < -0.4 is 14.9 Å². The predicted octanol–water partition coefficient (Wildman–Crippen LogP) is 3.60. The number of nitrogens with zero attached hydrogens (tertiary/aromatic N) is 1. The highest BCUT2D eigenvalue weighted by Crippen LogP contribution is 2.33. The second-order valence-electron chi connectivity index (χ2n) is 4.68. The smallest absolute Gasteiger partial charge is 0.341 e. The van der Waals surface area contributed by atoms with E-state index in [-0.39, 0.29) is 0 Å². The maximum Gasteiger partial charge on any atom is 0.341 e. The van der Waals surface area contributed by atoms with Crippen LogP contribution in [0.3, 0.4) is 0 Å². The van der Waals surface area contributed by atoms with Gasteiger partial charge in [0.2, 0.25) is 0 Å². The lowest BCUT2D eigenvalue weighted by molar-refractivity contribution is -0.139. The van der Waals surface area contributed by atoms with E-state index in [2.05, 4.69) is 33.1 Å². The van der Waals surface area contributed by atoms with Gasteiger partial charge in [-0.2, -0.15) is 5.10 Å². The molecule has 0 saturated heterocycles. The third kappa shape index (κ3) is 5.41. The average molecular weight is 440 g/mol. The van der Waals surface area contributed by atoms with Crippen molar-refractivity contribution in [2.45, 2.75) is 6.92 Å². The van der Waals surface area contributed by atoms with Gasteiger partial charge in [0.15, 0.2) is 18.1 Å². The van der Waals surface area contributed by atoms with Crippen LogP contribution in [0.5, 0.6) is 11.5 Å². The summed E-state index contributed by atoms with van der Waals surface area (Å²) >= 11 is 2.08. The van der Waals surface area contributed by atoms with Crippen molar-refractivity contribution in [1.82, 2.24) is 0 Å². The van der Waals surface area contributed by atoms with E-state index in [0.717, 1.165) is 14.8 Å². The van der Waals surface area contributed by atoms with E-state index in [1.54, 1.807) is 12.3 Å². The number of carbonyl (C=O) groups is 1. The number of ether oxygens (including phenoxy) is 2. The number of hydrogen-bond acceptors (Lipinski definition) is 5. The van der Waals surface area contributed by atoms with Gasteiger partial charge in [-0.05, 0) is 59.3 Å². The molecule has 2 N–H and O–H groups in total. The fourth-order valence-corrected chi connectivity index (χ4v) is 2.67. The Hall–Kier alpha value is -2.29. The molecule has 2 aromatic carbocycles. The van der Waals surface area contributed by atoms with E-state index in [0.29, 0.717) is 18.1 Å². The van der Waals surface area contributed by atoms with E-state index >= 15 is 0 Å². The van der Waals surface area contributed by atoms with Gasteiger partial charge >= 0.3 is 5.97 Å². The summed E-state index contributed by atoms with van der Waals surface area (Å²) in [5, 5.41) is 13.0. The molecule has 0 fully saturated rings. The molecule has 24 heavy (non-hydrogen) atoms. The molecule has 2 aromatic rings. The number of nitrogens with one attached hydrogen (secondary N) is 1. The molecule has 0 aliphatic heterocycles. The average Bonchev–Trinajstić information content (AvgIpc) is 2.55. The van der Waals surface area contributed by atoms with Crippen LogP contribution in [0.2, 0.25) is 0 Å². The highest BCUT2D eigenvalue weighted by molar-refractivity contribution is 14.1. The number of hydrazone groups is 1. The first-order chi connectivity index (χ1) is 11.6. The second kappa shape index (κ2) is 9.11. The Morgan fingerprint density at radius 3 is 2.71 bits per heavy atom. The van der Waals surface area contributed by atoms with Crippen molar-refractivity contribution in [3.8, 4) is 11.5 Å². The van der Waals surface area contributed by atoms with Gasteiger partial charge in [-0.1, -0.05) is 18.2 Å². The lowest BCUT2D eigenvalue weighted by atomic mass is 10.2. The third-order valence-corrected chi connectivity index (χ3v) is 3.65. The van der Waals surface area contributed by atoms with Gasteiger partial charge in [0.25, 0.3) is 0 Å². The summed E-state index contributed by atoms with van der Waals surface area (Å²) in [7, 11) is 0. The first kappa shape index (κ1) is 18.1. The highest BCUT2D eigenvalue weighted by Gasteiger charge is 2.13. The van der Waals surface area contributed by atoms with Crippen molar-refractivity contribution in [3.05, 3.63) is 51.6 Å². The Balaban J connectivity index is 2.17. The molecule has 0 aliphatic rings. The highest BCUT2D eigenvalue weighted by atomic mass is 127. The van der Waals surface area contributed by atoms with Gasteiger partial charge in [-0.25, -0.2) is 4.79 Å². The van der Waals surface area contributed by atoms with Crippen molar-refractivity contribution >= 4 is 40.5 Å². The van der Waals surface area contributed by atoms with Crippen LogP contribution in [-0.2, 0) is 4.79 Å². The van der Waals surface area contributed by atoms with E-state index in [1.807, 2.05) is 43.3 Å². The zero-order valence-electron chi connectivity index (χ0n) is 13.0. The number of rotatable bonds is 8. The molecule has 0 spiro atoms. The number of carboxylic acid groups (broad SMARTS) is 1. The zero-order chi connectivity index (χ0) is 17.4. The Bertz CT molecular complexity index is 720. The minimum absolute atomic E-state index is 0.418. The molecule has 0 aliphatic carbocycles. The third-order valence-electron chi connectivity index (χ3n) is 2.85. The van der Waals surface area contributed by atoms with E-state index in [1.165, 1.54) is 0 Å². The molecule has 0 amide bonds. The van der Waals surface area contributed by atoms with Gasteiger partial charge in [-0.15, -0.1) is 0 Å². The van der Waals surface area contributed by atoms with Gasteiger partial charge in [-0.3, -0.25) is 5.43 Å². The molecule has 2 rings (SSSR count). The molecule has 0 unspecified atom stereocenters. The lowest BCUT2D eigenvalue weighted by Gasteiger charge is -2.13. The van der Waals surface area contributed by atoms with Crippen LogP contribution in [0.25, 0.3) is 0 Å². The summed E-state index contributed by atoms with van der Waals surface area (Å²) in [6.45, 7) is 1.88. The van der Waals surface area contributed by atoms with Crippen molar-refractivity contribution in [1.29, 1.82) is 0 Å².